The molecule has 2 heterocycles. The second-order valence-corrected chi connectivity index (χ2v) is 11.7. The van der Waals surface area contributed by atoms with Gasteiger partial charge in [0.2, 0.25) is 0 Å². The molecule has 0 saturated heterocycles. The zero-order valence-corrected chi connectivity index (χ0v) is 25.3. The molecule has 42 heavy (non-hydrogen) atoms. The van der Waals surface area contributed by atoms with E-state index in [0.29, 0.717) is 11.8 Å². The van der Waals surface area contributed by atoms with Gasteiger partial charge in [-0.05, 0) is 110 Å². The Bertz CT molecular complexity index is 1410. The lowest BCUT2D eigenvalue weighted by Gasteiger charge is -2.24. The highest BCUT2D eigenvalue weighted by molar-refractivity contribution is 6.07. The third-order valence-corrected chi connectivity index (χ3v) is 8.74. The second kappa shape index (κ2) is 13.2. The summed E-state index contributed by atoms with van der Waals surface area (Å²) >= 11 is 0. The van der Waals surface area contributed by atoms with Gasteiger partial charge in [-0.2, -0.15) is 0 Å². The molecule has 0 radical (unpaired) electrons. The van der Waals surface area contributed by atoms with Crippen molar-refractivity contribution in [1.82, 2.24) is 0 Å². The van der Waals surface area contributed by atoms with E-state index in [1.165, 1.54) is 22.3 Å². The van der Waals surface area contributed by atoms with E-state index in [9.17, 15) is 9.59 Å². The fourth-order valence-electron chi connectivity index (χ4n) is 6.62. The maximum atomic E-state index is 12.9. The van der Waals surface area contributed by atoms with Crippen LogP contribution >= 0.6 is 0 Å². The number of aryl methyl sites for hydroxylation is 2. The molecule has 4 aromatic carbocycles. The minimum absolute atomic E-state index is 0.108. The summed E-state index contributed by atoms with van der Waals surface area (Å²) < 4.78 is 0. The van der Waals surface area contributed by atoms with Crippen LogP contribution in [-0.2, 0) is 0 Å². The Morgan fingerprint density at radius 3 is 1.31 bits per heavy atom. The van der Waals surface area contributed by atoms with Crippen LogP contribution in [-0.4, -0.2) is 24.9 Å². The van der Waals surface area contributed by atoms with Crippen molar-refractivity contribution in [3.05, 3.63) is 130 Å². The van der Waals surface area contributed by atoms with Crippen molar-refractivity contribution in [2.24, 2.45) is 0 Å². The van der Waals surface area contributed by atoms with Crippen LogP contribution in [0.1, 0.15) is 94.3 Å². The Labute approximate surface area is 251 Å². The molecule has 0 bridgehead atoms. The normalized spacial score (nSPS) is 18.0. The van der Waals surface area contributed by atoms with Crippen molar-refractivity contribution in [3.8, 4) is 0 Å². The predicted molar refractivity (Wildman–Crippen MR) is 174 cm³/mol. The van der Waals surface area contributed by atoms with Gasteiger partial charge in [-0.1, -0.05) is 74.5 Å². The van der Waals surface area contributed by atoms with E-state index >= 15 is 0 Å². The average molecular weight is 559 g/mol. The summed E-state index contributed by atoms with van der Waals surface area (Å²) in [6.45, 7) is 10.4. The first-order chi connectivity index (χ1) is 20.4. The topological polar surface area (TPSA) is 40.6 Å². The van der Waals surface area contributed by atoms with Crippen molar-refractivity contribution >= 4 is 23.2 Å². The number of carbonyl (C=O) groups excluding carboxylic acids is 2. The van der Waals surface area contributed by atoms with Gasteiger partial charge in [0, 0.05) is 35.6 Å². The summed E-state index contributed by atoms with van der Waals surface area (Å²) in [5.41, 5.74) is 8.95. The van der Waals surface area contributed by atoms with Crippen LogP contribution < -0.4 is 9.80 Å². The molecule has 4 heteroatoms. The number of benzene rings is 4. The van der Waals surface area contributed by atoms with E-state index < -0.39 is 0 Å². The number of amides is 2. The lowest BCUT2D eigenvalue weighted by Crippen LogP contribution is -2.31. The summed E-state index contributed by atoms with van der Waals surface area (Å²) in [4.78, 5) is 29.6. The fraction of sp³-hybridized carbons (Fsp3) is 0.316. The molecule has 0 aromatic heterocycles. The number of nitrogens with zero attached hydrogens (tertiary/aromatic N) is 2. The maximum Gasteiger partial charge on any atom is 0.258 e. The molecule has 216 valence electrons. The predicted octanol–water partition coefficient (Wildman–Crippen LogP) is 9.08. The van der Waals surface area contributed by atoms with Crippen molar-refractivity contribution in [1.29, 1.82) is 0 Å². The Hall–Kier alpha value is -4.18. The first-order valence-corrected chi connectivity index (χ1v) is 15.3. The summed E-state index contributed by atoms with van der Waals surface area (Å²) in [6.07, 6.45) is 4.37. The van der Waals surface area contributed by atoms with Crippen LogP contribution in [0.2, 0.25) is 0 Å². The van der Waals surface area contributed by atoms with Gasteiger partial charge >= 0.3 is 0 Å². The van der Waals surface area contributed by atoms with Crippen LogP contribution in [0.3, 0.4) is 0 Å². The summed E-state index contributed by atoms with van der Waals surface area (Å²) in [5, 5.41) is 0. The summed E-state index contributed by atoms with van der Waals surface area (Å²) in [6, 6.07) is 31.7. The molecule has 2 aliphatic rings. The van der Waals surface area contributed by atoms with Gasteiger partial charge in [0.1, 0.15) is 0 Å². The number of rotatable bonds is 2. The van der Waals surface area contributed by atoms with Gasteiger partial charge in [0.25, 0.3) is 11.8 Å². The smallest absolute Gasteiger partial charge is 0.258 e. The highest BCUT2D eigenvalue weighted by atomic mass is 16.2. The number of carbonyl (C=O) groups is 2. The Morgan fingerprint density at radius 1 is 0.548 bits per heavy atom. The first kappa shape index (κ1) is 29.3. The van der Waals surface area contributed by atoms with Gasteiger partial charge in [-0.25, -0.2) is 0 Å². The van der Waals surface area contributed by atoms with E-state index in [1.807, 2.05) is 70.5 Å². The van der Waals surface area contributed by atoms with Gasteiger partial charge in [-0.15, -0.1) is 0 Å². The number of hydrogen-bond donors (Lipinski definition) is 0. The molecular weight excluding hydrogens is 516 g/mol. The zero-order valence-electron chi connectivity index (χ0n) is 25.3. The van der Waals surface area contributed by atoms with E-state index in [4.69, 9.17) is 0 Å². The average Bonchev–Trinajstić information content (AvgIpc) is 3.30. The molecule has 2 atom stereocenters. The van der Waals surface area contributed by atoms with Crippen LogP contribution in [0.5, 0.6) is 0 Å². The highest BCUT2D eigenvalue weighted by Crippen LogP contribution is 2.38. The zero-order chi connectivity index (χ0) is 29.6. The molecule has 4 nitrogen and oxygen atoms in total. The molecule has 2 amide bonds. The minimum Gasteiger partial charge on any atom is -0.308 e. The fourth-order valence-corrected chi connectivity index (χ4v) is 6.62. The molecular formula is C38H42N2O2. The Kier molecular flexibility index (Phi) is 9.22. The number of fused-ring (bicyclic) bond motifs is 2. The van der Waals surface area contributed by atoms with Gasteiger partial charge in [-0.3, -0.25) is 9.59 Å². The molecule has 2 aliphatic heterocycles. The van der Waals surface area contributed by atoms with Crippen LogP contribution in [0, 0.1) is 13.8 Å². The largest absolute Gasteiger partial charge is 0.308 e. The lowest BCUT2D eigenvalue weighted by molar-refractivity contribution is 0.0979. The molecule has 6 rings (SSSR count). The molecule has 0 aliphatic carbocycles. The van der Waals surface area contributed by atoms with Gasteiger partial charge in [0.15, 0.2) is 0 Å². The lowest BCUT2D eigenvalue weighted by atomic mass is 9.92. The third-order valence-electron chi connectivity index (χ3n) is 8.74. The van der Waals surface area contributed by atoms with Gasteiger partial charge < -0.3 is 9.80 Å². The first-order valence-electron chi connectivity index (χ1n) is 15.3. The Balaban J connectivity index is 0.000000168. The third kappa shape index (κ3) is 6.18. The van der Waals surface area contributed by atoms with E-state index in [0.717, 1.165) is 61.3 Å². The summed E-state index contributed by atoms with van der Waals surface area (Å²) in [5.74, 6) is 1.23. The standard InChI is InChI=1S/2C19H21NO/c2*1-14-8-6-12-17-18(14)15(2)9-7-13-20(17)19(21)16-10-4-3-5-11-16/h2*3-6,8,10-12,15H,7,9,13H2,1-2H3/t2*15-/m10/s1. The van der Waals surface area contributed by atoms with E-state index in [-0.39, 0.29) is 11.8 Å². The molecule has 0 N–H and O–H groups in total. The van der Waals surface area contributed by atoms with Crippen molar-refractivity contribution in [2.45, 2.75) is 65.2 Å². The number of anilines is 2. The second-order valence-electron chi connectivity index (χ2n) is 11.7. The summed E-state index contributed by atoms with van der Waals surface area (Å²) in [7, 11) is 0. The van der Waals surface area contributed by atoms with Gasteiger partial charge in [0.05, 0.1) is 0 Å². The number of hydrogen-bond acceptors (Lipinski definition) is 2. The van der Waals surface area contributed by atoms with Crippen molar-refractivity contribution < 1.29 is 9.59 Å². The van der Waals surface area contributed by atoms with E-state index in [1.54, 1.807) is 0 Å². The monoisotopic (exact) mass is 558 g/mol. The van der Waals surface area contributed by atoms with Crippen LogP contribution in [0.4, 0.5) is 11.4 Å². The van der Waals surface area contributed by atoms with E-state index in [2.05, 4.69) is 64.1 Å². The molecule has 0 spiro atoms. The minimum atomic E-state index is 0.108. The van der Waals surface area contributed by atoms with Crippen molar-refractivity contribution in [3.63, 3.8) is 0 Å². The maximum absolute atomic E-state index is 12.9. The quantitative estimate of drug-likeness (QED) is 0.246. The van der Waals surface area contributed by atoms with Crippen molar-refractivity contribution in [2.75, 3.05) is 22.9 Å². The molecule has 0 fully saturated rings. The SMILES string of the molecule is Cc1cccc2c1[C@@H](C)CCCN2C(=O)c1ccccc1.Cc1cccc2c1[C@H](C)CCCN2C(=O)c1ccccc1. The molecule has 4 aromatic rings. The van der Waals surface area contributed by atoms with Crippen LogP contribution in [0.25, 0.3) is 0 Å². The highest BCUT2D eigenvalue weighted by Gasteiger charge is 2.27. The Morgan fingerprint density at radius 2 is 0.929 bits per heavy atom. The van der Waals surface area contributed by atoms with Crippen LogP contribution in [0.15, 0.2) is 97.1 Å². The molecule has 0 unspecified atom stereocenters. The molecule has 0 saturated carbocycles.